The van der Waals surface area contributed by atoms with E-state index >= 15 is 0 Å². The number of thioether (sulfide) groups is 1. The van der Waals surface area contributed by atoms with Crippen LogP contribution in [0.1, 0.15) is 11.1 Å². The van der Waals surface area contributed by atoms with Crippen molar-refractivity contribution in [3.8, 4) is 5.75 Å². The molecule has 0 unspecified atom stereocenters. The Bertz CT molecular complexity index is 707. The molecule has 1 fully saturated rings. The first-order valence-corrected chi connectivity index (χ1v) is 9.33. The normalized spacial score (nSPS) is 13.7. The molecule has 1 aromatic rings. The van der Waals surface area contributed by atoms with Gasteiger partial charge in [-0.25, -0.2) is 0 Å². The molecule has 1 saturated heterocycles. The van der Waals surface area contributed by atoms with Gasteiger partial charge in [0.05, 0.1) is 19.3 Å². The van der Waals surface area contributed by atoms with E-state index in [1.54, 1.807) is 6.07 Å². The number of hydrogen-bond donors (Lipinski definition) is 1. The van der Waals surface area contributed by atoms with Crippen LogP contribution in [0.25, 0.3) is 0 Å². The van der Waals surface area contributed by atoms with Crippen molar-refractivity contribution < 1.29 is 23.9 Å². The fourth-order valence-corrected chi connectivity index (χ4v) is 3.47. The third kappa shape index (κ3) is 5.70. The molecule has 0 atom stereocenters. The van der Waals surface area contributed by atoms with Gasteiger partial charge in [-0.1, -0.05) is 41.7 Å². The Morgan fingerprint density at radius 2 is 2.15 bits per heavy atom. The number of nitrogens with one attached hydrogen (secondary N) is 1. The molecule has 0 spiro atoms. The molecule has 7 nitrogen and oxygen atoms in total. The van der Waals surface area contributed by atoms with Crippen molar-refractivity contribution >= 4 is 46.1 Å². The monoisotopic (exact) mass is 396 g/mol. The zero-order valence-corrected chi connectivity index (χ0v) is 16.2. The van der Waals surface area contributed by atoms with Crippen LogP contribution in [0.5, 0.6) is 5.75 Å². The summed E-state index contributed by atoms with van der Waals surface area (Å²) in [5.74, 6) is -0.0719. The summed E-state index contributed by atoms with van der Waals surface area (Å²) < 4.78 is 10.7. The van der Waals surface area contributed by atoms with E-state index in [-0.39, 0.29) is 25.5 Å². The molecule has 1 heterocycles. The third-order valence-corrected chi connectivity index (χ3v) is 5.07. The second-order valence-electron chi connectivity index (χ2n) is 5.60. The van der Waals surface area contributed by atoms with Gasteiger partial charge < -0.3 is 14.8 Å². The Labute approximate surface area is 161 Å². The molecule has 0 saturated carbocycles. The molecule has 1 aromatic carbocycles. The van der Waals surface area contributed by atoms with E-state index in [1.807, 2.05) is 19.1 Å². The maximum atomic E-state index is 11.9. The van der Waals surface area contributed by atoms with Gasteiger partial charge in [0.15, 0.2) is 6.61 Å². The molecule has 1 aliphatic rings. The zero-order valence-electron chi connectivity index (χ0n) is 14.6. The topological polar surface area (TPSA) is 84.9 Å². The maximum Gasteiger partial charge on any atom is 0.310 e. The first-order chi connectivity index (χ1) is 12.4. The minimum atomic E-state index is -0.517. The lowest BCUT2D eigenvalue weighted by atomic mass is 10.1. The fourth-order valence-electron chi connectivity index (χ4n) is 2.35. The van der Waals surface area contributed by atoms with Crippen LogP contribution < -0.4 is 10.1 Å². The lowest BCUT2D eigenvalue weighted by Gasteiger charge is -2.15. The number of carbonyl (C=O) groups excluding carboxylic acids is 3. The van der Waals surface area contributed by atoms with Crippen molar-refractivity contribution in [1.29, 1.82) is 0 Å². The molecule has 0 aliphatic carbocycles. The highest BCUT2D eigenvalue weighted by Crippen LogP contribution is 2.20. The van der Waals surface area contributed by atoms with Gasteiger partial charge in [0.2, 0.25) is 5.91 Å². The number of methoxy groups -OCH3 is 1. The minimum Gasteiger partial charge on any atom is -0.496 e. The molecular weight excluding hydrogens is 376 g/mol. The molecule has 140 valence electrons. The number of benzene rings is 1. The van der Waals surface area contributed by atoms with Crippen LogP contribution in [0.3, 0.4) is 0 Å². The summed E-state index contributed by atoms with van der Waals surface area (Å²) in [6.07, 6.45) is 0.0197. The highest BCUT2D eigenvalue weighted by Gasteiger charge is 2.25. The molecule has 1 N–H and O–H groups in total. The number of thiocarbonyl (C=S) groups is 1. The van der Waals surface area contributed by atoms with Crippen LogP contribution in [0, 0.1) is 6.92 Å². The van der Waals surface area contributed by atoms with Crippen LogP contribution in [-0.4, -0.2) is 59.6 Å². The van der Waals surface area contributed by atoms with E-state index < -0.39 is 11.9 Å². The van der Waals surface area contributed by atoms with E-state index in [4.69, 9.17) is 21.7 Å². The van der Waals surface area contributed by atoms with Crippen LogP contribution in [0.2, 0.25) is 0 Å². The van der Waals surface area contributed by atoms with Crippen molar-refractivity contribution in [3.05, 3.63) is 29.3 Å². The molecule has 9 heteroatoms. The molecule has 1 aliphatic heterocycles. The lowest BCUT2D eigenvalue weighted by molar-refractivity contribution is -0.147. The van der Waals surface area contributed by atoms with E-state index in [0.717, 1.165) is 5.56 Å². The van der Waals surface area contributed by atoms with Crippen LogP contribution in [-0.2, 0) is 25.5 Å². The van der Waals surface area contributed by atoms with Gasteiger partial charge in [-0.05, 0) is 13.0 Å². The molecule has 2 rings (SSSR count). The maximum absolute atomic E-state index is 11.9. The smallest absolute Gasteiger partial charge is 0.310 e. The van der Waals surface area contributed by atoms with Crippen molar-refractivity contribution in [3.63, 3.8) is 0 Å². The van der Waals surface area contributed by atoms with Gasteiger partial charge in [0, 0.05) is 18.7 Å². The first kappa shape index (κ1) is 20.2. The Kier molecular flexibility index (Phi) is 7.40. The number of amides is 2. The van der Waals surface area contributed by atoms with Gasteiger partial charge in [-0.3, -0.25) is 19.3 Å². The van der Waals surface area contributed by atoms with E-state index in [2.05, 4.69) is 5.32 Å². The van der Waals surface area contributed by atoms with E-state index in [9.17, 15) is 14.4 Å². The summed E-state index contributed by atoms with van der Waals surface area (Å²) in [7, 11) is 1.53. The molecule has 2 amide bonds. The lowest BCUT2D eigenvalue weighted by Crippen LogP contribution is -2.38. The van der Waals surface area contributed by atoms with Crippen molar-refractivity contribution in [2.45, 2.75) is 13.3 Å². The number of carbonyl (C=O) groups is 3. The highest BCUT2D eigenvalue weighted by atomic mass is 32.2. The van der Waals surface area contributed by atoms with Crippen LogP contribution in [0.4, 0.5) is 0 Å². The predicted octanol–water partition coefficient (Wildman–Crippen LogP) is 1.07. The number of aryl methyl sites for hydroxylation is 1. The Morgan fingerprint density at radius 1 is 1.38 bits per heavy atom. The Hall–Kier alpha value is -2.13. The minimum absolute atomic E-state index is 0.0197. The molecular formula is C17H20N2O5S2. The van der Waals surface area contributed by atoms with Gasteiger partial charge >= 0.3 is 5.97 Å². The highest BCUT2D eigenvalue weighted by molar-refractivity contribution is 8.23. The predicted molar refractivity (Wildman–Crippen MR) is 102 cm³/mol. The SMILES string of the molecule is COc1ccc(C)cc1CC(=O)OCC(=O)NCCN1C(=O)CSC1=S. The summed E-state index contributed by atoms with van der Waals surface area (Å²) in [5, 5.41) is 2.60. The second-order valence-corrected chi connectivity index (χ2v) is 7.21. The summed E-state index contributed by atoms with van der Waals surface area (Å²) in [6, 6.07) is 5.51. The molecule has 0 bridgehead atoms. The Morgan fingerprint density at radius 3 is 2.81 bits per heavy atom. The average molecular weight is 396 g/mol. The van der Waals surface area contributed by atoms with Crippen LogP contribution in [0.15, 0.2) is 18.2 Å². The Balaban J connectivity index is 1.72. The van der Waals surface area contributed by atoms with Gasteiger partial charge in [0.1, 0.15) is 10.1 Å². The third-order valence-electron chi connectivity index (χ3n) is 3.63. The van der Waals surface area contributed by atoms with E-state index in [0.29, 0.717) is 27.9 Å². The van der Waals surface area contributed by atoms with E-state index in [1.165, 1.54) is 23.8 Å². The number of nitrogens with zero attached hydrogens (tertiary/aromatic N) is 1. The summed E-state index contributed by atoms with van der Waals surface area (Å²) in [5.41, 5.74) is 1.70. The van der Waals surface area contributed by atoms with Crippen molar-refractivity contribution in [2.24, 2.45) is 0 Å². The summed E-state index contributed by atoms with van der Waals surface area (Å²) in [4.78, 5) is 36.7. The van der Waals surface area contributed by atoms with Crippen LogP contribution >= 0.6 is 24.0 Å². The number of rotatable bonds is 8. The summed E-state index contributed by atoms with van der Waals surface area (Å²) in [6.45, 7) is 2.09. The average Bonchev–Trinajstić information content (AvgIpc) is 2.92. The molecule has 26 heavy (non-hydrogen) atoms. The van der Waals surface area contributed by atoms with Gasteiger partial charge in [-0.2, -0.15) is 0 Å². The quantitative estimate of drug-likeness (QED) is 0.520. The van der Waals surface area contributed by atoms with Gasteiger partial charge in [0.25, 0.3) is 5.91 Å². The summed E-state index contributed by atoms with van der Waals surface area (Å²) >= 11 is 6.36. The number of ether oxygens (including phenoxy) is 2. The number of hydrogen-bond acceptors (Lipinski definition) is 7. The molecule has 0 aromatic heterocycles. The van der Waals surface area contributed by atoms with Crippen molar-refractivity contribution in [1.82, 2.24) is 10.2 Å². The van der Waals surface area contributed by atoms with Crippen molar-refractivity contribution in [2.75, 3.05) is 32.6 Å². The first-order valence-electron chi connectivity index (χ1n) is 7.93. The fraction of sp³-hybridized carbons (Fsp3) is 0.412. The number of esters is 1. The largest absolute Gasteiger partial charge is 0.496 e. The van der Waals surface area contributed by atoms with Gasteiger partial charge in [-0.15, -0.1) is 0 Å². The second kappa shape index (κ2) is 9.54. The standard InChI is InChI=1S/C17H20N2O5S2/c1-11-3-4-13(23-2)12(7-11)8-16(22)24-9-14(20)18-5-6-19-15(21)10-26-17(19)25/h3-4,7H,5-6,8-10H2,1-2H3,(H,18,20). The molecule has 0 radical (unpaired) electrons. The zero-order chi connectivity index (χ0) is 19.1.